The molecule has 0 aromatic carbocycles. The van der Waals surface area contributed by atoms with E-state index < -0.39 is 17.5 Å². The lowest BCUT2D eigenvalue weighted by molar-refractivity contribution is -0.156. The molecule has 1 saturated carbocycles. The van der Waals surface area contributed by atoms with Crippen molar-refractivity contribution in [3.8, 4) is 0 Å². The van der Waals surface area contributed by atoms with Gasteiger partial charge in [0.1, 0.15) is 0 Å². The Kier molecular flexibility index (Phi) is 3.13. The van der Waals surface area contributed by atoms with Crippen molar-refractivity contribution in [2.45, 2.75) is 33.6 Å². The summed E-state index contributed by atoms with van der Waals surface area (Å²) in [5.74, 6) is -1.69. The fourth-order valence-corrected chi connectivity index (χ4v) is 3.08. The third-order valence-corrected chi connectivity index (χ3v) is 4.16. The minimum absolute atomic E-state index is 0.0717. The summed E-state index contributed by atoms with van der Waals surface area (Å²) in [6.45, 7) is 6.06. The summed E-state index contributed by atoms with van der Waals surface area (Å²) in [6, 6.07) is 0. The van der Waals surface area contributed by atoms with Gasteiger partial charge in [0.15, 0.2) is 0 Å². The van der Waals surface area contributed by atoms with Gasteiger partial charge in [-0.2, -0.15) is 0 Å². The molecule has 0 heterocycles. The Morgan fingerprint density at radius 3 is 2.56 bits per heavy atom. The van der Waals surface area contributed by atoms with Gasteiger partial charge in [-0.1, -0.05) is 25.5 Å². The average molecular weight is 250 g/mol. The van der Waals surface area contributed by atoms with Crippen LogP contribution in [-0.2, 0) is 19.1 Å². The molecular formula is C14H18O4. The predicted molar refractivity (Wildman–Crippen MR) is 64.7 cm³/mol. The van der Waals surface area contributed by atoms with Gasteiger partial charge in [-0.15, -0.1) is 0 Å². The van der Waals surface area contributed by atoms with Crippen LogP contribution >= 0.6 is 0 Å². The molecule has 0 bridgehead atoms. The molecule has 0 radical (unpaired) electrons. The summed E-state index contributed by atoms with van der Waals surface area (Å²) in [5, 5.41) is 0. The zero-order valence-corrected chi connectivity index (χ0v) is 11.0. The zero-order chi connectivity index (χ0) is 13.5. The van der Waals surface area contributed by atoms with Crippen LogP contribution in [0.4, 0.5) is 0 Å². The van der Waals surface area contributed by atoms with Crippen molar-refractivity contribution in [1.29, 1.82) is 0 Å². The largest absolute Gasteiger partial charge is 0.460 e. The van der Waals surface area contributed by atoms with E-state index in [1.807, 2.05) is 6.08 Å². The summed E-state index contributed by atoms with van der Waals surface area (Å²) in [7, 11) is 0. The average Bonchev–Trinajstić information content (AvgIpc) is 2.68. The number of esters is 1. The van der Waals surface area contributed by atoms with Crippen LogP contribution in [0.1, 0.15) is 33.6 Å². The highest BCUT2D eigenvalue weighted by molar-refractivity contribution is 6.62. The highest BCUT2D eigenvalue weighted by Gasteiger charge is 2.60. The molecule has 2 rings (SSSR count). The van der Waals surface area contributed by atoms with Crippen molar-refractivity contribution in [2.24, 2.45) is 17.3 Å². The first-order valence-electron chi connectivity index (χ1n) is 6.32. The molecule has 2 aliphatic rings. The van der Waals surface area contributed by atoms with Crippen LogP contribution in [0.3, 0.4) is 0 Å². The third-order valence-electron chi connectivity index (χ3n) is 4.16. The van der Waals surface area contributed by atoms with Gasteiger partial charge in [0, 0.05) is 6.42 Å². The van der Waals surface area contributed by atoms with Crippen molar-refractivity contribution in [2.75, 3.05) is 6.61 Å². The van der Waals surface area contributed by atoms with Crippen molar-refractivity contribution in [3.05, 3.63) is 11.6 Å². The second-order valence-electron chi connectivity index (χ2n) is 5.57. The van der Waals surface area contributed by atoms with E-state index in [0.717, 1.165) is 12.0 Å². The number of rotatable bonds is 5. The van der Waals surface area contributed by atoms with Gasteiger partial charge in [-0.05, 0) is 30.6 Å². The van der Waals surface area contributed by atoms with Crippen LogP contribution in [-0.4, -0.2) is 24.1 Å². The van der Waals surface area contributed by atoms with Gasteiger partial charge >= 0.3 is 11.8 Å². The van der Waals surface area contributed by atoms with Gasteiger partial charge in [0.05, 0.1) is 6.61 Å². The molecule has 4 nitrogen and oxygen atoms in total. The Balaban J connectivity index is 1.93. The Hall–Kier alpha value is -1.45. The van der Waals surface area contributed by atoms with Gasteiger partial charge < -0.3 is 4.74 Å². The number of ether oxygens (including phenoxy) is 1. The van der Waals surface area contributed by atoms with Crippen molar-refractivity contribution >= 4 is 17.5 Å². The number of allylic oxidation sites excluding steroid dienone is 2. The first-order valence-corrected chi connectivity index (χ1v) is 6.32. The first-order chi connectivity index (χ1) is 8.39. The molecule has 0 aromatic heterocycles. The van der Waals surface area contributed by atoms with Crippen molar-refractivity contribution in [1.82, 2.24) is 0 Å². The monoisotopic (exact) mass is 250 g/mol. The van der Waals surface area contributed by atoms with Crippen LogP contribution in [0.5, 0.6) is 0 Å². The molecule has 0 spiro atoms. The Labute approximate surface area is 106 Å². The molecule has 0 amide bonds. The second-order valence-corrected chi connectivity index (χ2v) is 5.57. The van der Waals surface area contributed by atoms with Gasteiger partial charge in [0.2, 0.25) is 5.78 Å². The standard InChI is InChI=1S/C14H18O4/c1-4-18-13(17)12(16)10(15)7-8-5-6-9-11(8)14(9,2)3/h5,9,11H,4,6-7H2,1-3H3. The van der Waals surface area contributed by atoms with E-state index in [0.29, 0.717) is 11.8 Å². The quantitative estimate of drug-likeness (QED) is 0.322. The van der Waals surface area contributed by atoms with Crippen LogP contribution in [0.15, 0.2) is 11.6 Å². The van der Waals surface area contributed by atoms with E-state index in [4.69, 9.17) is 0 Å². The summed E-state index contributed by atoms with van der Waals surface area (Å²) < 4.78 is 4.54. The maximum atomic E-state index is 11.7. The highest BCUT2D eigenvalue weighted by atomic mass is 16.5. The number of hydrogen-bond acceptors (Lipinski definition) is 4. The zero-order valence-electron chi connectivity index (χ0n) is 11.0. The van der Waals surface area contributed by atoms with Crippen LogP contribution in [0.2, 0.25) is 0 Å². The number of hydrogen-bond donors (Lipinski definition) is 0. The summed E-state index contributed by atoms with van der Waals surface area (Å²) in [6.07, 6.45) is 3.09. The lowest BCUT2D eigenvalue weighted by Gasteiger charge is -2.08. The molecule has 2 unspecified atom stereocenters. The van der Waals surface area contributed by atoms with E-state index in [1.165, 1.54) is 0 Å². The molecule has 98 valence electrons. The molecule has 0 aliphatic heterocycles. The molecule has 0 saturated heterocycles. The highest BCUT2D eigenvalue weighted by Crippen LogP contribution is 2.67. The normalized spacial score (nSPS) is 27.2. The molecule has 2 aliphatic carbocycles. The number of ketones is 2. The Morgan fingerprint density at radius 1 is 1.39 bits per heavy atom. The molecule has 0 aromatic rings. The number of carbonyl (C=O) groups excluding carboxylic acids is 3. The van der Waals surface area contributed by atoms with Gasteiger partial charge in [-0.3, -0.25) is 9.59 Å². The van der Waals surface area contributed by atoms with Crippen molar-refractivity contribution < 1.29 is 19.1 Å². The smallest absolute Gasteiger partial charge is 0.382 e. The minimum Gasteiger partial charge on any atom is -0.460 e. The molecule has 0 N–H and O–H groups in total. The van der Waals surface area contributed by atoms with E-state index in [-0.39, 0.29) is 18.4 Å². The van der Waals surface area contributed by atoms with Crippen LogP contribution < -0.4 is 0 Å². The van der Waals surface area contributed by atoms with Crippen LogP contribution in [0.25, 0.3) is 0 Å². The van der Waals surface area contributed by atoms with E-state index in [2.05, 4.69) is 18.6 Å². The van der Waals surface area contributed by atoms with Crippen molar-refractivity contribution in [3.63, 3.8) is 0 Å². The SMILES string of the molecule is CCOC(=O)C(=O)C(=O)CC1=CCC2C1C2(C)C. The lowest BCUT2D eigenvalue weighted by Crippen LogP contribution is -2.26. The minimum atomic E-state index is -1.03. The maximum Gasteiger partial charge on any atom is 0.382 e. The summed E-state index contributed by atoms with van der Waals surface area (Å²) >= 11 is 0. The summed E-state index contributed by atoms with van der Waals surface area (Å²) in [4.78, 5) is 34.3. The van der Waals surface area contributed by atoms with E-state index in [9.17, 15) is 14.4 Å². The number of fused-ring (bicyclic) bond motifs is 1. The summed E-state index contributed by atoms with van der Waals surface area (Å²) in [5.41, 5.74) is 1.27. The molecular weight excluding hydrogens is 232 g/mol. The fraction of sp³-hybridized carbons (Fsp3) is 0.643. The lowest BCUT2D eigenvalue weighted by atomic mass is 9.96. The Morgan fingerprint density at radius 2 is 2.06 bits per heavy atom. The second kappa shape index (κ2) is 4.34. The number of carbonyl (C=O) groups is 3. The topological polar surface area (TPSA) is 60.4 Å². The number of Topliss-reactive ketones (excluding diaryl/α,β-unsaturated/α-hetero) is 2. The van der Waals surface area contributed by atoms with Crippen LogP contribution in [0, 0.1) is 17.3 Å². The molecule has 18 heavy (non-hydrogen) atoms. The molecule has 4 heteroatoms. The van der Waals surface area contributed by atoms with E-state index in [1.54, 1.807) is 6.92 Å². The molecule has 2 atom stereocenters. The fourth-order valence-electron chi connectivity index (χ4n) is 3.08. The Bertz CT molecular complexity index is 445. The van der Waals surface area contributed by atoms with Gasteiger partial charge in [-0.25, -0.2) is 4.79 Å². The molecule has 1 fully saturated rings. The third kappa shape index (κ3) is 2.00. The predicted octanol–water partition coefficient (Wildman–Crippen LogP) is 1.68. The van der Waals surface area contributed by atoms with Gasteiger partial charge in [0.25, 0.3) is 0 Å². The van der Waals surface area contributed by atoms with E-state index >= 15 is 0 Å². The first kappa shape index (κ1) is 13.0. The maximum absolute atomic E-state index is 11.7.